The zero-order valence-corrected chi connectivity index (χ0v) is 21.5. The number of nitrogens with zero attached hydrogens (tertiary/aromatic N) is 1. The van der Waals surface area contributed by atoms with Gasteiger partial charge in [0.25, 0.3) is 0 Å². The Hall–Kier alpha value is -2.64. The number of benzene rings is 3. The number of aliphatic hydroxyl groups excluding tert-OH is 1. The molecule has 1 aliphatic heterocycles. The van der Waals surface area contributed by atoms with Crippen LogP contribution < -0.4 is 19.9 Å². The number of ether oxygens (including phenoxy) is 3. The fourth-order valence-electron chi connectivity index (χ4n) is 4.22. The molecule has 3 aromatic carbocycles. The van der Waals surface area contributed by atoms with Gasteiger partial charge in [-0.1, -0.05) is 30.3 Å². The molecule has 1 atom stereocenters. The van der Waals surface area contributed by atoms with Gasteiger partial charge >= 0.3 is 0 Å². The molecule has 35 heavy (non-hydrogen) atoms. The van der Waals surface area contributed by atoms with Crippen molar-refractivity contribution >= 4 is 30.5 Å². The molecule has 0 aliphatic carbocycles. The lowest BCUT2D eigenvalue weighted by atomic mass is 9.89. The van der Waals surface area contributed by atoms with Crippen molar-refractivity contribution in [3.63, 3.8) is 0 Å². The van der Waals surface area contributed by atoms with Gasteiger partial charge < -0.3 is 30.0 Å². The Morgan fingerprint density at radius 3 is 2.23 bits per heavy atom. The van der Waals surface area contributed by atoms with Crippen molar-refractivity contribution in [2.45, 2.75) is 24.9 Å². The second-order valence-electron chi connectivity index (χ2n) is 8.43. The van der Waals surface area contributed by atoms with Crippen molar-refractivity contribution in [3.8, 4) is 23.0 Å². The molecule has 0 unspecified atom stereocenters. The minimum absolute atomic E-state index is 0. The lowest BCUT2D eigenvalue weighted by Gasteiger charge is -2.33. The molecule has 8 heteroatoms. The molecule has 1 saturated heterocycles. The first-order valence-corrected chi connectivity index (χ1v) is 11.4. The van der Waals surface area contributed by atoms with Crippen molar-refractivity contribution in [3.05, 3.63) is 78.4 Å². The maximum absolute atomic E-state index is 10.5. The summed E-state index contributed by atoms with van der Waals surface area (Å²) < 4.78 is 17.0. The number of anilines is 1. The van der Waals surface area contributed by atoms with Gasteiger partial charge in [-0.15, -0.1) is 24.8 Å². The maximum atomic E-state index is 10.5. The Morgan fingerprint density at radius 2 is 1.57 bits per heavy atom. The predicted molar refractivity (Wildman–Crippen MR) is 145 cm³/mol. The summed E-state index contributed by atoms with van der Waals surface area (Å²) >= 11 is 0. The number of methoxy groups -OCH3 is 1. The lowest BCUT2D eigenvalue weighted by Crippen LogP contribution is -2.40. The SMILES string of the molecule is COc1ccc(N)cc1OC[C@H](O)CN1CCC(c2ccc(Oc3ccccc3)cc2)CC1.Cl.Cl. The first-order valence-electron chi connectivity index (χ1n) is 11.4. The maximum Gasteiger partial charge on any atom is 0.163 e. The molecule has 4 rings (SSSR count). The van der Waals surface area contributed by atoms with Gasteiger partial charge in [-0.3, -0.25) is 0 Å². The fourth-order valence-corrected chi connectivity index (χ4v) is 4.22. The van der Waals surface area contributed by atoms with Gasteiger partial charge in [0.15, 0.2) is 11.5 Å². The van der Waals surface area contributed by atoms with E-state index in [0.717, 1.165) is 37.4 Å². The number of aliphatic hydroxyl groups is 1. The standard InChI is InChI=1S/C27H32N2O4.2ClH/c1-31-26-12-9-22(28)17-27(26)32-19-23(30)18-29-15-13-21(14-16-29)20-7-10-25(11-8-20)33-24-5-3-2-4-6-24;;/h2-12,17,21,23,30H,13-16,18-19,28H2,1H3;2*1H/t23-;;/m1../s1. The molecule has 6 nitrogen and oxygen atoms in total. The highest BCUT2D eigenvalue weighted by atomic mass is 35.5. The molecule has 1 aliphatic rings. The molecule has 0 radical (unpaired) electrons. The predicted octanol–water partition coefficient (Wildman–Crippen LogP) is 5.53. The van der Waals surface area contributed by atoms with E-state index < -0.39 is 6.10 Å². The topological polar surface area (TPSA) is 77.2 Å². The normalized spacial score (nSPS) is 14.8. The molecule has 190 valence electrons. The zero-order valence-electron chi connectivity index (χ0n) is 19.8. The van der Waals surface area contributed by atoms with E-state index in [0.29, 0.717) is 29.6 Å². The molecular weight excluding hydrogens is 487 g/mol. The van der Waals surface area contributed by atoms with E-state index in [9.17, 15) is 5.11 Å². The average molecular weight is 521 g/mol. The van der Waals surface area contributed by atoms with Crippen LogP contribution in [-0.2, 0) is 0 Å². The molecule has 1 fully saturated rings. The number of nitrogen functional groups attached to an aromatic ring is 1. The number of piperidine rings is 1. The van der Waals surface area contributed by atoms with Crippen LogP contribution in [0.4, 0.5) is 5.69 Å². The summed E-state index contributed by atoms with van der Waals surface area (Å²) in [5.41, 5.74) is 7.77. The molecule has 3 N–H and O–H groups in total. The van der Waals surface area contributed by atoms with Crippen LogP contribution in [0.5, 0.6) is 23.0 Å². The third kappa shape index (κ3) is 8.22. The van der Waals surface area contributed by atoms with Crippen LogP contribution in [0.3, 0.4) is 0 Å². The van der Waals surface area contributed by atoms with Crippen LogP contribution in [-0.4, -0.2) is 49.5 Å². The molecule has 1 heterocycles. The summed E-state index contributed by atoms with van der Waals surface area (Å²) in [6.07, 6.45) is 1.55. The van der Waals surface area contributed by atoms with Crippen molar-refractivity contribution < 1.29 is 19.3 Å². The fraction of sp³-hybridized carbons (Fsp3) is 0.333. The Balaban J connectivity index is 0.00000216. The number of para-hydroxylation sites is 1. The Bertz CT molecular complexity index is 1010. The lowest BCUT2D eigenvalue weighted by molar-refractivity contribution is 0.0586. The summed E-state index contributed by atoms with van der Waals surface area (Å²) in [4.78, 5) is 2.30. The quantitative estimate of drug-likeness (QED) is 0.361. The van der Waals surface area contributed by atoms with E-state index in [1.807, 2.05) is 42.5 Å². The average Bonchev–Trinajstić information content (AvgIpc) is 2.84. The molecule has 0 saturated carbocycles. The third-order valence-corrected chi connectivity index (χ3v) is 6.01. The minimum atomic E-state index is -0.581. The molecule has 0 aromatic heterocycles. The first-order chi connectivity index (χ1) is 16.1. The van der Waals surface area contributed by atoms with E-state index in [4.69, 9.17) is 19.9 Å². The van der Waals surface area contributed by atoms with Gasteiger partial charge in [-0.25, -0.2) is 0 Å². The van der Waals surface area contributed by atoms with Gasteiger partial charge in [-0.05, 0) is 73.8 Å². The zero-order chi connectivity index (χ0) is 23.0. The minimum Gasteiger partial charge on any atom is -0.493 e. The molecule has 3 aromatic rings. The van der Waals surface area contributed by atoms with E-state index in [1.54, 1.807) is 25.3 Å². The third-order valence-electron chi connectivity index (χ3n) is 6.01. The van der Waals surface area contributed by atoms with E-state index >= 15 is 0 Å². The summed E-state index contributed by atoms with van der Waals surface area (Å²) in [6, 6.07) is 23.5. The van der Waals surface area contributed by atoms with E-state index in [-0.39, 0.29) is 31.4 Å². The van der Waals surface area contributed by atoms with Crippen molar-refractivity contribution in [1.82, 2.24) is 4.90 Å². The highest BCUT2D eigenvalue weighted by molar-refractivity contribution is 5.85. The van der Waals surface area contributed by atoms with E-state index in [1.165, 1.54) is 5.56 Å². The molecule has 0 spiro atoms. The first kappa shape index (κ1) is 28.6. The summed E-state index contributed by atoms with van der Waals surface area (Å²) in [5.74, 6) is 3.38. The van der Waals surface area contributed by atoms with Gasteiger partial charge in [0.2, 0.25) is 0 Å². The smallest absolute Gasteiger partial charge is 0.163 e. The molecular formula is C27H34Cl2N2O4. The Labute approximate surface area is 219 Å². The molecule has 0 bridgehead atoms. The number of β-amino-alcohol motifs (C(OH)–C–C–N with tert-alkyl or cyclic N) is 1. The molecule has 0 amide bonds. The highest BCUT2D eigenvalue weighted by Crippen LogP contribution is 2.31. The van der Waals surface area contributed by atoms with Crippen LogP contribution in [0, 0.1) is 0 Å². The van der Waals surface area contributed by atoms with Crippen LogP contribution in [0.25, 0.3) is 0 Å². The van der Waals surface area contributed by atoms with Gasteiger partial charge in [0, 0.05) is 18.3 Å². The van der Waals surface area contributed by atoms with E-state index in [2.05, 4.69) is 17.0 Å². The van der Waals surface area contributed by atoms with Crippen LogP contribution in [0.2, 0.25) is 0 Å². The second kappa shape index (κ2) is 14.0. The van der Waals surface area contributed by atoms with Crippen LogP contribution in [0.1, 0.15) is 24.3 Å². The number of likely N-dealkylation sites (tertiary alicyclic amines) is 1. The number of halogens is 2. The Morgan fingerprint density at radius 1 is 0.914 bits per heavy atom. The van der Waals surface area contributed by atoms with Crippen molar-refractivity contribution in [2.24, 2.45) is 0 Å². The number of rotatable bonds is 9. The summed E-state index contributed by atoms with van der Waals surface area (Å²) in [6.45, 7) is 2.68. The highest BCUT2D eigenvalue weighted by Gasteiger charge is 2.22. The largest absolute Gasteiger partial charge is 0.493 e. The van der Waals surface area contributed by atoms with Crippen LogP contribution in [0.15, 0.2) is 72.8 Å². The number of hydrogen-bond acceptors (Lipinski definition) is 6. The number of nitrogens with two attached hydrogens (primary N) is 1. The summed E-state index contributed by atoms with van der Waals surface area (Å²) in [7, 11) is 1.59. The Kier molecular flexibility index (Phi) is 11.5. The van der Waals surface area contributed by atoms with Gasteiger partial charge in [0.1, 0.15) is 24.2 Å². The van der Waals surface area contributed by atoms with Gasteiger partial charge in [-0.2, -0.15) is 0 Å². The second-order valence-corrected chi connectivity index (χ2v) is 8.43. The van der Waals surface area contributed by atoms with Crippen molar-refractivity contribution in [2.75, 3.05) is 39.1 Å². The van der Waals surface area contributed by atoms with Crippen molar-refractivity contribution in [1.29, 1.82) is 0 Å². The van der Waals surface area contributed by atoms with Crippen LogP contribution >= 0.6 is 24.8 Å². The van der Waals surface area contributed by atoms with Gasteiger partial charge in [0.05, 0.1) is 7.11 Å². The number of hydrogen-bond donors (Lipinski definition) is 2. The summed E-state index contributed by atoms with van der Waals surface area (Å²) in [5, 5.41) is 10.5. The monoisotopic (exact) mass is 520 g/mol.